The number of alkyl halides is 3. The summed E-state index contributed by atoms with van der Waals surface area (Å²) in [6.45, 7) is 2.70. The molecule has 0 unspecified atom stereocenters. The van der Waals surface area contributed by atoms with Gasteiger partial charge in [-0.1, -0.05) is 12.1 Å². The molecule has 0 bridgehead atoms. The molecule has 2 aromatic rings. The van der Waals surface area contributed by atoms with E-state index in [2.05, 4.69) is 4.98 Å². The van der Waals surface area contributed by atoms with Gasteiger partial charge in [0.2, 0.25) is 0 Å². The topological polar surface area (TPSA) is 53.4 Å². The van der Waals surface area contributed by atoms with Gasteiger partial charge in [-0.25, -0.2) is 4.98 Å². The van der Waals surface area contributed by atoms with Crippen molar-refractivity contribution < 1.29 is 23.1 Å². The van der Waals surface area contributed by atoms with Crippen LogP contribution in [-0.4, -0.2) is 40.1 Å². The average Bonchev–Trinajstić information content (AvgIpc) is 2.96. The number of nitrogens with zero attached hydrogens (tertiary/aromatic N) is 2. The smallest absolute Gasteiger partial charge is 0.393 e. The van der Waals surface area contributed by atoms with Crippen molar-refractivity contribution in [3.8, 4) is 10.6 Å². The van der Waals surface area contributed by atoms with E-state index < -0.39 is 11.7 Å². The van der Waals surface area contributed by atoms with Crippen molar-refractivity contribution in [1.82, 2.24) is 9.88 Å². The molecule has 4 nitrogen and oxygen atoms in total. The summed E-state index contributed by atoms with van der Waals surface area (Å²) in [6, 6.07) is 4.76. The zero-order chi connectivity index (χ0) is 18.2. The minimum absolute atomic E-state index is 0.139. The van der Waals surface area contributed by atoms with Gasteiger partial charge in [0.15, 0.2) is 0 Å². The molecular formula is C17H17F3N2O2S. The average molecular weight is 370 g/mol. The second kappa shape index (κ2) is 6.76. The Morgan fingerprint density at radius 1 is 1.24 bits per heavy atom. The minimum Gasteiger partial charge on any atom is -0.393 e. The monoisotopic (exact) mass is 370 g/mol. The van der Waals surface area contributed by atoms with Gasteiger partial charge in [0.05, 0.1) is 17.4 Å². The summed E-state index contributed by atoms with van der Waals surface area (Å²) >= 11 is 1.18. The third-order valence-corrected chi connectivity index (χ3v) is 5.40. The van der Waals surface area contributed by atoms with Gasteiger partial charge in [-0.3, -0.25) is 4.79 Å². The van der Waals surface area contributed by atoms with Gasteiger partial charge in [0, 0.05) is 18.7 Å². The number of rotatable bonds is 2. The van der Waals surface area contributed by atoms with Crippen LogP contribution < -0.4 is 0 Å². The first-order valence-corrected chi connectivity index (χ1v) is 8.70. The summed E-state index contributed by atoms with van der Waals surface area (Å²) in [5, 5.41) is 10.1. The van der Waals surface area contributed by atoms with E-state index in [4.69, 9.17) is 0 Å². The van der Waals surface area contributed by atoms with E-state index in [1.54, 1.807) is 11.8 Å². The number of carbonyl (C=O) groups excluding carboxylic acids is 1. The number of carbonyl (C=O) groups is 1. The summed E-state index contributed by atoms with van der Waals surface area (Å²) in [5.41, 5.74) is 0.401. The van der Waals surface area contributed by atoms with Gasteiger partial charge in [0.1, 0.15) is 9.88 Å². The third-order valence-electron chi connectivity index (χ3n) is 4.20. The molecule has 1 aliphatic heterocycles. The van der Waals surface area contributed by atoms with Crippen molar-refractivity contribution in [3.63, 3.8) is 0 Å². The number of aryl methyl sites for hydroxylation is 1. The van der Waals surface area contributed by atoms with E-state index in [9.17, 15) is 23.1 Å². The van der Waals surface area contributed by atoms with Crippen LogP contribution in [0.5, 0.6) is 0 Å². The molecule has 2 heterocycles. The number of benzene rings is 1. The molecule has 1 aromatic heterocycles. The normalized spacial score (nSPS) is 16.3. The highest BCUT2D eigenvalue weighted by Gasteiger charge is 2.30. The van der Waals surface area contributed by atoms with E-state index in [-0.39, 0.29) is 12.0 Å². The lowest BCUT2D eigenvalue weighted by atomic mass is 10.1. The van der Waals surface area contributed by atoms with Crippen molar-refractivity contribution >= 4 is 17.2 Å². The van der Waals surface area contributed by atoms with Crippen LogP contribution in [0, 0.1) is 6.92 Å². The predicted molar refractivity (Wildman–Crippen MR) is 88.4 cm³/mol. The zero-order valence-corrected chi connectivity index (χ0v) is 14.3. The zero-order valence-electron chi connectivity index (χ0n) is 13.5. The van der Waals surface area contributed by atoms with Crippen LogP contribution in [0.1, 0.15) is 33.8 Å². The van der Waals surface area contributed by atoms with Crippen molar-refractivity contribution in [1.29, 1.82) is 0 Å². The van der Waals surface area contributed by atoms with E-state index in [0.717, 1.165) is 12.1 Å². The fourth-order valence-corrected chi connectivity index (χ4v) is 3.77. The molecule has 1 fully saturated rings. The molecule has 0 spiro atoms. The summed E-state index contributed by atoms with van der Waals surface area (Å²) < 4.78 is 37.9. The highest BCUT2D eigenvalue weighted by molar-refractivity contribution is 7.17. The molecule has 0 atom stereocenters. The molecule has 1 aromatic carbocycles. The number of aliphatic hydroxyl groups excluding tert-OH is 1. The van der Waals surface area contributed by atoms with Crippen LogP contribution in [0.4, 0.5) is 13.2 Å². The van der Waals surface area contributed by atoms with Crippen molar-refractivity contribution in [2.75, 3.05) is 13.1 Å². The first-order valence-electron chi connectivity index (χ1n) is 7.88. The maximum atomic E-state index is 12.6. The molecule has 1 saturated heterocycles. The summed E-state index contributed by atoms with van der Waals surface area (Å²) in [6.07, 6.45) is -3.64. The Hall–Kier alpha value is -1.93. The highest BCUT2D eigenvalue weighted by Crippen LogP contribution is 2.33. The van der Waals surface area contributed by atoms with Gasteiger partial charge >= 0.3 is 6.18 Å². The molecule has 0 radical (unpaired) electrons. The number of hydrogen-bond acceptors (Lipinski definition) is 4. The molecular weight excluding hydrogens is 353 g/mol. The first kappa shape index (κ1) is 17.9. The number of halogens is 3. The van der Waals surface area contributed by atoms with Crippen LogP contribution in [0.2, 0.25) is 0 Å². The van der Waals surface area contributed by atoms with E-state index in [1.807, 2.05) is 0 Å². The van der Waals surface area contributed by atoms with Crippen LogP contribution in [0.25, 0.3) is 10.6 Å². The lowest BCUT2D eigenvalue weighted by Crippen LogP contribution is -2.39. The maximum absolute atomic E-state index is 12.6. The third kappa shape index (κ3) is 3.85. The molecule has 1 N–H and O–H groups in total. The Morgan fingerprint density at radius 3 is 2.40 bits per heavy atom. The molecule has 0 aliphatic carbocycles. The fraction of sp³-hybridized carbons (Fsp3) is 0.412. The lowest BCUT2D eigenvalue weighted by Gasteiger charge is -2.29. The predicted octanol–water partition coefficient (Wildman–Crippen LogP) is 3.73. The second-order valence-electron chi connectivity index (χ2n) is 6.03. The van der Waals surface area contributed by atoms with Gasteiger partial charge in [-0.2, -0.15) is 13.2 Å². The fourth-order valence-electron chi connectivity index (χ4n) is 2.73. The highest BCUT2D eigenvalue weighted by atomic mass is 32.1. The quantitative estimate of drug-likeness (QED) is 0.876. The number of thiazole rings is 1. The summed E-state index contributed by atoms with van der Waals surface area (Å²) in [4.78, 5) is 19.1. The maximum Gasteiger partial charge on any atom is 0.416 e. The standard InChI is InChI=1S/C17H17F3N2O2S/c1-10-14(16(24)22-8-6-13(23)7-9-22)25-15(21-10)11-2-4-12(5-3-11)17(18,19)20/h2-5,13,23H,6-9H2,1H3. The largest absolute Gasteiger partial charge is 0.416 e. The second-order valence-corrected chi connectivity index (χ2v) is 7.03. The van der Waals surface area contributed by atoms with Gasteiger partial charge in [-0.05, 0) is 31.9 Å². The Kier molecular flexibility index (Phi) is 4.83. The SMILES string of the molecule is Cc1nc(-c2ccc(C(F)(F)F)cc2)sc1C(=O)N1CCC(O)CC1. The molecule has 25 heavy (non-hydrogen) atoms. The Labute approximate surface area is 146 Å². The lowest BCUT2D eigenvalue weighted by molar-refractivity contribution is -0.137. The molecule has 8 heteroatoms. The molecule has 0 saturated carbocycles. The Balaban J connectivity index is 1.81. The Morgan fingerprint density at radius 2 is 1.84 bits per heavy atom. The first-order chi connectivity index (χ1) is 11.8. The van der Waals surface area contributed by atoms with Gasteiger partial charge < -0.3 is 10.0 Å². The molecule has 3 rings (SSSR count). The van der Waals surface area contributed by atoms with Crippen LogP contribution >= 0.6 is 11.3 Å². The molecule has 134 valence electrons. The van der Waals surface area contributed by atoms with Crippen LogP contribution in [-0.2, 0) is 6.18 Å². The summed E-state index contributed by atoms with van der Waals surface area (Å²) in [5.74, 6) is -0.139. The van der Waals surface area contributed by atoms with E-state index >= 15 is 0 Å². The van der Waals surface area contributed by atoms with E-state index in [0.29, 0.717) is 47.1 Å². The van der Waals surface area contributed by atoms with Crippen LogP contribution in [0.3, 0.4) is 0 Å². The number of amides is 1. The summed E-state index contributed by atoms with van der Waals surface area (Å²) in [7, 11) is 0. The van der Waals surface area contributed by atoms with Crippen LogP contribution in [0.15, 0.2) is 24.3 Å². The molecule has 1 amide bonds. The van der Waals surface area contributed by atoms with E-state index in [1.165, 1.54) is 23.5 Å². The van der Waals surface area contributed by atoms with Crippen molar-refractivity contribution in [2.45, 2.75) is 32.0 Å². The van der Waals surface area contributed by atoms with Gasteiger partial charge in [0.25, 0.3) is 5.91 Å². The van der Waals surface area contributed by atoms with Gasteiger partial charge in [-0.15, -0.1) is 11.3 Å². The molecule has 1 aliphatic rings. The number of aliphatic hydroxyl groups is 1. The van der Waals surface area contributed by atoms with Crippen molar-refractivity contribution in [3.05, 3.63) is 40.4 Å². The Bertz CT molecular complexity index is 763. The number of piperidine rings is 1. The number of hydrogen-bond donors (Lipinski definition) is 1. The number of aromatic nitrogens is 1. The van der Waals surface area contributed by atoms with Crippen molar-refractivity contribution in [2.24, 2.45) is 0 Å². The minimum atomic E-state index is -4.38. The number of likely N-dealkylation sites (tertiary alicyclic amines) is 1.